The molecule has 1 saturated heterocycles. The Morgan fingerprint density at radius 2 is 1.82 bits per heavy atom. The maximum Gasteiger partial charge on any atom is 0.227 e. The molecule has 1 atom stereocenters. The van der Waals surface area contributed by atoms with E-state index in [2.05, 4.69) is 11.1 Å². The fraction of sp³-hybridized carbons (Fsp3) is 0.296. The maximum atomic E-state index is 13.2. The molecule has 3 aromatic rings. The predicted octanol–water partition coefficient (Wildman–Crippen LogP) is 3.98. The van der Waals surface area contributed by atoms with E-state index in [9.17, 15) is 14.0 Å². The third-order valence-corrected chi connectivity index (χ3v) is 6.15. The topological polar surface area (TPSA) is 53.5 Å². The number of benzene rings is 2. The largest absolute Gasteiger partial charge is 0.341 e. The summed E-state index contributed by atoms with van der Waals surface area (Å²) in [7, 11) is 0. The van der Waals surface area contributed by atoms with Gasteiger partial charge in [-0.25, -0.2) is 4.39 Å². The Kier molecular flexibility index (Phi) is 7.13. The molecule has 6 heteroatoms. The molecular formula is C27H28FN3O2. The highest BCUT2D eigenvalue weighted by Gasteiger charge is 2.31. The standard InChI is InChI=1S/C27H28FN3O2/c1-2-30-13-14-31(26(32)17-20-8-10-25(28)11-9-20)19-24(27(30)33)16-21-5-3-6-22(15-21)23-7-4-12-29-18-23/h3-12,15,18,24H,2,13-14,16-17,19H2,1H3. The minimum Gasteiger partial charge on any atom is -0.341 e. The van der Waals surface area contributed by atoms with Crippen molar-refractivity contribution in [1.82, 2.24) is 14.8 Å². The number of aromatic nitrogens is 1. The lowest BCUT2D eigenvalue weighted by Crippen LogP contribution is -2.38. The molecule has 0 spiro atoms. The molecule has 0 N–H and O–H groups in total. The summed E-state index contributed by atoms with van der Waals surface area (Å²) in [5, 5.41) is 0. The molecule has 1 fully saturated rings. The van der Waals surface area contributed by atoms with Gasteiger partial charge < -0.3 is 9.80 Å². The Bertz CT molecular complexity index is 1100. The number of rotatable bonds is 6. The third-order valence-electron chi connectivity index (χ3n) is 6.15. The van der Waals surface area contributed by atoms with Crippen LogP contribution in [-0.2, 0) is 22.4 Å². The number of hydrogen-bond acceptors (Lipinski definition) is 3. The van der Waals surface area contributed by atoms with Crippen molar-refractivity contribution in [2.24, 2.45) is 5.92 Å². The van der Waals surface area contributed by atoms with Gasteiger partial charge in [-0.15, -0.1) is 0 Å². The molecule has 1 aliphatic rings. The van der Waals surface area contributed by atoms with Crippen molar-refractivity contribution in [3.05, 3.63) is 90.0 Å². The Morgan fingerprint density at radius 1 is 1.03 bits per heavy atom. The van der Waals surface area contributed by atoms with Crippen molar-refractivity contribution in [1.29, 1.82) is 0 Å². The molecule has 1 unspecified atom stereocenters. The number of carbonyl (C=O) groups excluding carboxylic acids is 2. The second-order valence-corrected chi connectivity index (χ2v) is 8.40. The quantitative estimate of drug-likeness (QED) is 0.577. The number of carbonyl (C=O) groups is 2. The summed E-state index contributed by atoms with van der Waals surface area (Å²) in [6.45, 7) is 3.99. The minimum atomic E-state index is -0.321. The smallest absolute Gasteiger partial charge is 0.227 e. The van der Waals surface area contributed by atoms with Crippen LogP contribution in [0.4, 0.5) is 4.39 Å². The van der Waals surface area contributed by atoms with Crippen LogP contribution in [0.3, 0.4) is 0 Å². The van der Waals surface area contributed by atoms with E-state index in [1.165, 1.54) is 12.1 Å². The van der Waals surface area contributed by atoms with Crippen LogP contribution in [0.5, 0.6) is 0 Å². The molecule has 0 radical (unpaired) electrons. The summed E-state index contributed by atoms with van der Waals surface area (Å²) < 4.78 is 13.2. The molecule has 4 rings (SSSR count). The van der Waals surface area contributed by atoms with Crippen LogP contribution >= 0.6 is 0 Å². The normalized spacial score (nSPS) is 16.5. The van der Waals surface area contributed by atoms with E-state index in [1.54, 1.807) is 23.2 Å². The van der Waals surface area contributed by atoms with Gasteiger partial charge in [-0.05, 0) is 53.8 Å². The molecule has 170 valence electrons. The molecule has 2 amide bonds. The first-order valence-electron chi connectivity index (χ1n) is 11.3. The fourth-order valence-corrected chi connectivity index (χ4v) is 4.32. The van der Waals surface area contributed by atoms with Crippen molar-refractivity contribution >= 4 is 11.8 Å². The molecule has 2 aromatic carbocycles. The summed E-state index contributed by atoms with van der Waals surface area (Å²) in [5.74, 6) is -0.588. The van der Waals surface area contributed by atoms with Crippen molar-refractivity contribution in [3.63, 3.8) is 0 Å². The summed E-state index contributed by atoms with van der Waals surface area (Å²) in [4.78, 5) is 34.1. The number of halogens is 1. The van der Waals surface area contributed by atoms with Crippen LogP contribution in [0.25, 0.3) is 11.1 Å². The summed E-state index contributed by atoms with van der Waals surface area (Å²) in [6, 6.07) is 18.1. The van der Waals surface area contributed by atoms with Gasteiger partial charge in [0.05, 0.1) is 12.3 Å². The Labute approximate surface area is 193 Å². The zero-order chi connectivity index (χ0) is 23.2. The van der Waals surface area contributed by atoms with Gasteiger partial charge in [0.1, 0.15) is 5.82 Å². The first-order chi connectivity index (χ1) is 16.0. The summed E-state index contributed by atoms with van der Waals surface area (Å²) in [6.07, 6.45) is 4.33. The number of amides is 2. The lowest BCUT2D eigenvalue weighted by atomic mass is 9.95. The predicted molar refractivity (Wildman–Crippen MR) is 126 cm³/mol. The highest BCUT2D eigenvalue weighted by molar-refractivity contribution is 5.83. The van der Waals surface area contributed by atoms with E-state index >= 15 is 0 Å². The van der Waals surface area contributed by atoms with Crippen LogP contribution in [0, 0.1) is 11.7 Å². The van der Waals surface area contributed by atoms with Gasteiger partial charge in [-0.3, -0.25) is 14.6 Å². The van der Waals surface area contributed by atoms with Gasteiger partial charge in [0.15, 0.2) is 0 Å². The second kappa shape index (κ2) is 10.4. The lowest BCUT2D eigenvalue weighted by Gasteiger charge is -2.24. The first kappa shape index (κ1) is 22.6. The van der Waals surface area contributed by atoms with Crippen LogP contribution in [-0.4, -0.2) is 52.8 Å². The van der Waals surface area contributed by atoms with Gasteiger partial charge in [0.2, 0.25) is 11.8 Å². The van der Waals surface area contributed by atoms with Gasteiger partial charge in [-0.2, -0.15) is 0 Å². The Balaban J connectivity index is 1.52. The summed E-state index contributed by atoms with van der Waals surface area (Å²) >= 11 is 0. The van der Waals surface area contributed by atoms with E-state index in [4.69, 9.17) is 0 Å². The molecule has 0 aliphatic carbocycles. The van der Waals surface area contributed by atoms with Gasteiger partial charge in [0, 0.05) is 38.6 Å². The molecule has 1 aliphatic heterocycles. The lowest BCUT2D eigenvalue weighted by molar-refractivity contribution is -0.134. The molecular weight excluding hydrogens is 417 g/mol. The third kappa shape index (κ3) is 5.64. The van der Waals surface area contributed by atoms with Crippen LogP contribution in [0.15, 0.2) is 73.1 Å². The van der Waals surface area contributed by atoms with Gasteiger partial charge in [-0.1, -0.05) is 42.5 Å². The maximum absolute atomic E-state index is 13.2. The van der Waals surface area contributed by atoms with E-state index in [-0.39, 0.29) is 30.0 Å². The average molecular weight is 446 g/mol. The Morgan fingerprint density at radius 3 is 2.55 bits per heavy atom. The van der Waals surface area contributed by atoms with Crippen molar-refractivity contribution < 1.29 is 14.0 Å². The summed E-state index contributed by atoms with van der Waals surface area (Å²) in [5.41, 5.74) is 3.90. The van der Waals surface area contributed by atoms with Crippen LogP contribution < -0.4 is 0 Å². The van der Waals surface area contributed by atoms with E-state index < -0.39 is 0 Å². The van der Waals surface area contributed by atoms with Gasteiger partial charge in [0.25, 0.3) is 0 Å². The number of likely N-dealkylation sites (N-methyl/N-ethyl adjacent to an activating group) is 1. The monoisotopic (exact) mass is 445 g/mol. The zero-order valence-corrected chi connectivity index (χ0v) is 18.8. The molecule has 5 nitrogen and oxygen atoms in total. The number of nitrogens with zero attached hydrogens (tertiary/aromatic N) is 3. The number of hydrogen-bond donors (Lipinski definition) is 0. The second-order valence-electron chi connectivity index (χ2n) is 8.40. The zero-order valence-electron chi connectivity index (χ0n) is 18.8. The SMILES string of the molecule is CCN1CCN(C(=O)Cc2ccc(F)cc2)CC(Cc2cccc(-c3cccnc3)c2)C1=O. The van der Waals surface area contributed by atoms with Crippen molar-refractivity contribution in [3.8, 4) is 11.1 Å². The van der Waals surface area contributed by atoms with E-state index in [1.807, 2.05) is 48.4 Å². The van der Waals surface area contributed by atoms with Gasteiger partial charge >= 0.3 is 0 Å². The number of pyridine rings is 1. The van der Waals surface area contributed by atoms with E-state index in [0.29, 0.717) is 32.6 Å². The molecule has 0 saturated carbocycles. The Hall–Kier alpha value is -3.54. The molecule has 0 bridgehead atoms. The minimum absolute atomic E-state index is 0.0403. The highest BCUT2D eigenvalue weighted by atomic mass is 19.1. The van der Waals surface area contributed by atoms with Crippen LogP contribution in [0.1, 0.15) is 18.1 Å². The highest BCUT2D eigenvalue weighted by Crippen LogP contribution is 2.23. The van der Waals surface area contributed by atoms with Crippen LogP contribution in [0.2, 0.25) is 0 Å². The fourth-order valence-electron chi connectivity index (χ4n) is 4.32. The first-order valence-corrected chi connectivity index (χ1v) is 11.3. The molecule has 1 aromatic heterocycles. The average Bonchev–Trinajstić information content (AvgIpc) is 3.00. The van der Waals surface area contributed by atoms with Crippen molar-refractivity contribution in [2.75, 3.05) is 26.2 Å². The van der Waals surface area contributed by atoms with Crippen molar-refractivity contribution in [2.45, 2.75) is 19.8 Å². The molecule has 2 heterocycles. The van der Waals surface area contributed by atoms with E-state index in [0.717, 1.165) is 22.3 Å². The molecule has 33 heavy (non-hydrogen) atoms.